The zero-order valence-corrected chi connectivity index (χ0v) is 13.3. The van der Waals surface area contributed by atoms with E-state index in [1.807, 2.05) is 11.0 Å². The lowest BCUT2D eigenvalue weighted by molar-refractivity contribution is -0.119. The van der Waals surface area contributed by atoms with Gasteiger partial charge in [-0.2, -0.15) is 0 Å². The second kappa shape index (κ2) is 5.84. The van der Waals surface area contributed by atoms with Gasteiger partial charge in [0, 0.05) is 42.4 Å². The smallest absolute Gasteiger partial charge is 0.241 e. The Morgan fingerprint density at radius 3 is 3.10 bits per heavy atom. The summed E-state index contributed by atoms with van der Waals surface area (Å²) in [6.07, 6.45) is 0.965. The molecule has 0 aromatic heterocycles. The van der Waals surface area contributed by atoms with E-state index >= 15 is 0 Å². The van der Waals surface area contributed by atoms with Crippen LogP contribution in [0.3, 0.4) is 0 Å². The van der Waals surface area contributed by atoms with Crippen molar-refractivity contribution in [3.8, 4) is 0 Å². The largest absolute Gasteiger partial charge is 0.312 e. The number of hydrogen-bond donors (Lipinski definition) is 1. The molecule has 0 radical (unpaired) electrons. The van der Waals surface area contributed by atoms with E-state index in [1.165, 1.54) is 5.56 Å². The van der Waals surface area contributed by atoms with E-state index in [4.69, 9.17) is 0 Å². The minimum Gasteiger partial charge on any atom is -0.312 e. The Labute approximate surface area is 128 Å². The van der Waals surface area contributed by atoms with Crippen LogP contribution in [0.25, 0.3) is 0 Å². The molecule has 5 heteroatoms. The summed E-state index contributed by atoms with van der Waals surface area (Å²) in [5.74, 6) is 0.218. The molecule has 0 unspecified atom stereocenters. The first-order valence-electron chi connectivity index (χ1n) is 7.18. The maximum atomic E-state index is 12.5. The number of nitrogens with zero attached hydrogens (tertiary/aromatic N) is 2. The summed E-state index contributed by atoms with van der Waals surface area (Å²) in [6, 6.07) is 6.68. The molecule has 1 aromatic carbocycles. The molecule has 0 spiro atoms. The zero-order chi connectivity index (χ0) is 14.1. The van der Waals surface area contributed by atoms with Gasteiger partial charge in [0.15, 0.2) is 0 Å². The SMILES string of the molecule is C[C@@H]1CN(CC(=O)N2CCc3ccc(Br)cc32)CCN1. The number of carbonyl (C=O) groups excluding carboxylic acids is 1. The Bertz CT molecular complexity index is 520. The van der Waals surface area contributed by atoms with Crippen LogP contribution in [0.15, 0.2) is 22.7 Å². The number of halogens is 1. The van der Waals surface area contributed by atoms with E-state index < -0.39 is 0 Å². The Kier molecular flexibility index (Phi) is 4.10. The molecule has 4 nitrogen and oxygen atoms in total. The van der Waals surface area contributed by atoms with Crippen LogP contribution in [0.2, 0.25) is 0 Å². The van der Waals surface area contributed by atoms with Gasteiger partial charge in [-0.1, -0.05) is 22.0 Å². The summed E-state index contributed by atoms with van der Waals surface area (Å²) in [5, 5.41) is 3.41. The van der Waals surface area contributed by atoms with Gasteiger partial charge < -0.3 is 10.2 Å². The highest BCUT2D eigenvalue weighted by Crippen LogP contribution is 2.31. The highest BCUT2D eigenvalue weighted by atomic mass is 79.9. The van der Waals surface area contributed by atoms with Crippen molar-refractivity contribution in [3.63, 3.8) is 0 Å². The molecule has 108 valence electrons. The molecule has 1 amide bonds. The van der Waals surface area contributed by atoms with Crippen molar-refractivity contribution in [1.29, 1.82) is 0 Å². The first-order valence-corrected chi connectivity index (χ1v) is 7.97. The molecule has 0 bridgehead atoms. The summed E-state index contributed by atoms with van der Waals surface area (Å²) in [4.78, 5) is 16.7. The van der Waals surface area contributed by atoms with Gasteiger partial charge >= 0.3 is 0 Å². The van der Waals surface area contributed by atoms with Gasteiger partial charge in [0.2, 0.25) is 5.91 Å². The second-order valence-electron chi connectivity index (χ2n) is 5.66. The zero-order valence-electron chi connectivity index (χ0n) is 11.7. The standard InChI is InChI=1S/C15H20BrN3O/c1-11-9-18(7-5-17-11)10-15(20)19-6-4-12-2-3-13(16)8-14(12)19/h2-3,8,11,17H,4-7,9-10H2,1H3/t11-/m1/s1. The molecule has 2 heterocycles. The van der Waals surface area contributed by atoms with E-state index in [-0.39, 0.29) is 5.91 Å². The summed E-state index contributed by atoms with van der Waals surface area (Å²) >= 11 is 3.49. The molecule has 1 saturated heterocycles. The fraction of sp³-hybridized carbons (Fsp3) is 0.533. The molecule has 20 heavy (non-hydrogen) atoms. The minimum absolute atomic E-state index is 0.218. The van der Waals surface area contributed by atoms with Crippen molar-refractivity contribution in [1.82, 2.24) is 10.2 Å². The number of hydrogen-bond acceptors (Lipinski definition) is 3. The fourth-order valence-electron chi connectivity index (χ4n) is 3.04. The van der Waals surface area contributed by atoms with Crippen molar-refractivity contribution in [2.75, 3.05) is 37.6 Å². The predicted molar refractivity (Wildman–Crippen MR) is 84.1 cm³/mol. The summed E-state index contributed by atoms with van der Waals surface area (Å²) < 4.78 is 1.03. The molecule has 3 rings (SSSR count). The van der Waals surface area contributed by atoms with E-state index in [1.54, 1.807) is 0 Å². The Hall–Kier alpha value is -0.910. The lowest BCUT2D eigenvalue weighted by Gasteiger charge is -2.32. The van der Waals surface area contributed by atoms with Gasteiger partial charge in [-0.05, 0) is 31.0 Å². The fourth-order valence-corrected chi connectivity index (χ4v) is 3.39. The highest BCUT2D eigenvalue weighted by molar-refractivity contribution is 9.10. The molecule has 0 aliphatic carbocycles. The molecular formula is C15H20BrN3O. The Morgan fingerprint density at radius 2 is 2.30 bits per heavy atom. The molecule has 1 atom stereocenters. The van der Waals surface area contributed by atoms with Crippen LogP contribution in [0.4, 0.5) is 5.69 Å². The van der Waals surface area contributed by atoms with Gasteiger partial charge in [0.1, 0.15) is 0 Å². The van der Waals surface area contributed by atoms with Crippen LogP contribution >= 0.6 is 15.9 Å². The van der Waals surface area contributed by atoms with E-state index in [2.05, 4.69) is 45.2 Å². The molecule has 1 aromatic rings. The predicted octanol–water partition coefficient (Wildman–Crippen LogP) is 1.63. The van der Waals surface area contributed by atoms with Crippen LogP contribution in [0, 0.1) is 0 Å². The Morgan fingerprint density at radius 1 is 1.45 bits per heavy atom. The number of amides is 1. The highest BCUT2D eigenvalue weighted by Gasteiger charge is 2.27. The lowest BCUT2D eigenvalue weighted by Crippen LogP contribution is -2.52. The normalized spacial score (nSPS) is 22.9. The third kappa shape index (κ3) is 2.90. The number of nitrogens with one attached hydrogen (secondary N) is 1. The minimum atomic E-state index is 0.218. The van der Waals surface area contributed by atoms with Crippen molar-refractivity contribution in [2.45, 2.75) is 19.4 Å². The third-order valence-electron chi connectivity index (χ3n) is 4.06. The van der Waals surface area contributed by atoms with Crippen LogP contribution < -0.4 is 10.2 Å². The molecular weight excluding hydrogens is 318 g/mol. The number of carbonyl (C=O) groups is 1. The lowest BCUT2D eigenvalue weighted by atomic mass is 10.2. The molecule has 1 fully saturated rings. The topological polar surface area (TPSA) is 35.6 Å². The number of benzene rings is 1. The molecule has 1 N–H and O–H groups in total. The number of rotatable bonds is 2. The maximum absolute atomic E-state index is 12.5. The maximum Gasteiger partial charge on any atom is 0.241 e. The Balaban J connectivity index is 1.69. The van der Waals surface area contributed by atoms with Gasteiger partial charge in [-0.25, -0.2) is 0 Å². The number of fused-ring (bicyclic) bond motifs is 1. The molecule has 2 aliphatic rings. The first kappa shape index (κ1) is 14.0. The average Bonchev–Trinajstić information content (AvgIpc) is 2.81. The van der Waals surface area contributed by atoms with Crippen molar-refractivity contribution in [2.24, 2.45) is 0 Å². The number of anilines is 1. The summed E-state index contributed by atoms with van der Waals surface area (Å²) in [5.41, 5.74) is 2.35. The quantitative estimate of drug-likeness (QED) is 0.890. The third-order valence-corrected chi connectivity index (χ3v) is 4.55. The van der Waals surface area contributed by atoms with Gasteiger partial charge in [-0.3, -0.25) is 9.69 Å². The van der Waals surface area contributed by atoms with Crippen molar-refractivity contribution >= 4 is 27.5 Å². The van der Waals surface area contributed by atoms with Crippen LogP contribution in [-0.4, -0.2) is 49.6 Å². The van der Waals surface area contributed by atoms with Gasteiger partial charge in [0.25, 0.3) is 0 Å². The van der Waals surface area contributed by atoms with Gasteiger partial charge in [-0.15, -0.1) is 0 Å². The van der Waals surface area contributed by atoms with E-state index in [0.29, 0.717) is 12.6 Å². The summed E-state index contributed by atoms with van der Waals surface area (Å²) in [7, 11) is 0. The second-order valence-corrected chi connectivity index (χ2v) is 6.57. The molecule has 2 aliphatic heterocycles. The monoisotopic (exact) mass is 337 g/mol. The number of piperazine rings is 1. The van der Waals surface area contributed by atoms with Crippen LogP contribution in [-0.2, 0) is 11.2 Å². The van der Waals surface area contributed by atoms with Gasteiger partial charge in [0.05, 0.1) is 6.54 Å². The van der Waals surface area contributed by atoms with E-state index in [9.17, 15) is 4.79 Å². The summed E-state index contributed by atoms with van der Waals surface area (Å²) in [6.45, 7) is 6.37. The van der Waals surface area contributed by atoms with E-state index in [0.717, 1.165) is 42.8 Å². The van der Waals surface area contributed by atoms with Crippen molar-refractivity contribution < 1.29 is 4.79 Å². The van der Waals surface area contributed by atoms with Crippen LogP contribution in [0.1, 0.15) is 12.5 Å². The van der Waals surface area contributed by atoms with Crippen LogP contribution in [0.5, 0.6) is 0 Å². The molecule has 0 saturated carbocycles. The first-order chi connectivity index (χ1) is 9.63. The van der Waals surface area contributed by atoms with Crippen molar-refractivity contribution in [3.05, 3.63) is 28.2 Å². The average molecular weight is 338 g/mol.